The monoisotopic (exact) mass is 558 g/mol. The predicted octanol–water partition coefficient (Wildman–Crippen LogP) is 3.71. The first-order chi connectivity index (χ1) is 18.8. The van der Waals surface area contributed by atoms with Gasteiger partial charge in [0, 0.05) is 26.2 Å². The highest BCUT2D eigenvalue weighted by Gasteiger charge is 2.38. The minimum Gasteiger partial charge on any atom is -0.477 e. The molecule has 3 unspecified atom stereocenters. The molecule has 0 saturated carbocycles. The van der Waals surface area contributed by atoms with Crippen LogP contribution in [0.4, 0.5) is 0 Å². The quantitative estimate of drug-likeness (QED) is 0.126. The number of aliphatic hydroxyl groups is 2. The lowest BCUT2D eigenvalue weighted by Gasteiger charge is -2.35. The normalized spacial score (nSPS) is 16.9. The summed E-state index contributed by atoms with van der Waals surface area (Å²) >= 11 is 0. The Balaban J connectivity index is 2.07. The molecule has 1 aliphatic rings. The minimum atomic E-state index is -2.22. The van der Waals surface area contributed by atoms with E-state index in [1.54, 1.807) is 0 Å². The Hall–Kier alpha value is -1.75. The smallest absolute Gasteiger partial charge is 0.360 e. The highest BCUT2D eigenvalue weighted by atomic mass is 16.6. The van der Waals surface area contributed by atoms with Crippen molar-refractivity contribution in [3.8, 4) is 0 Å². The Morgan fingerprint density at radius 3 is 1.51 bits per heavy atom. The number of carboxylic acid groups (broad SMARTS) is 1. The van der Waals surface area contributed by atoms with Crippen molar-refractivity contribution in [1.29, 1.82) is 0 Å². The van der Waals surface area contributed by atoms with Crippen LogP contribution in [0.5, 0.6) is 0 Å². The Morgan fingerprint density at radius 1 is 0.667 bits per heavy atom. The molecule has 10 nitrogen and oxygen atoms in total. The molecule has 1 fully saturated rings. The Kier molecular flexibility index (Phi) is 19.9. The number of esters is 2. The fraction of sp³-hybridized carbons (Fsp3) is 0.897. The van der Waals surface area contributed by atoms with E-state index in [1.807, 2.05) is 11.9 Å². The zero-order valence-corrected chi connectivity index (χ0v) is 24.4. The van der Waals surface area contributed by atoms with Crippen molar-refractivity contribution >= 4 is 17.9 Å². The second kappa shape index (κ2) is 22.0. The zero-order chi connectivity index (χ0) is 28.9. The number of likely N-dealkylation sites (N-methyl/N-ethyl adjacent to an activating group) is 1. The maximum Gasteiger partial charge on any atom is 0.360 e. The standard InChI is InChI=1S/C29H54N2O8/c1-3-4-5-6-7-8-9-10-11-12-13-14-15-16-17-18-23-38-28(36)24(32)25(33)29(37)39-26(27(34)35)31-21-19-30(2)20-22-31/h24-26,32-33H,3-23H2,1-2H3,(H,34,35). The SMILES string of the molecule is CCCCCCCCCCCCCCCCCCOC(=O)C(O)C(O)C(=O)OC(C(=O)O)N1CCN(C)CC1. The van der Waals surface area contributed by atoms with Gasteiger partial charge in [0.25, 0.3) is 6.23 Å². The highest BCUT2D eigenvalue weighted by Crippen LogP contribution is 2.14. The number of rotatable bonds is 23. The fourth-order valence-corrected chi connectivity index (χ4v) is 4.68. The van der Waals surface area contributed by atoms with E-state index in [4.69, 9.17) is 9.47 Å². The molecule has 1 heterocycles. The predicted molar refractivity (Wildman–Crippen MR) is 149 cm³/mol. The molecule has 0 aromatic carbocycles. The summed E-state index contributed by atoms with van der Waals surface area (Å²) in [4.78, 5) is 39.3. The van der Waals surface area contributed by atoms with Gasteiger partial charge >= 0.3 is 17.9 Å². The number of nitrogens with zero attached hydrogens (tertiary/aromatic N) is 2. The van der Waals surface area contributed by atoms with Gasteiger partial charge in [-0.25, -0.2) is 14.4 Å². The van der Waals surface area contributed by atoms with Gasteiger partial charge in [0.15, 0.2) is 12.2 Å². The van der Waals surface area contributed by atoms with Gasteiger partial charge in [-0.1, -0.05) is 103 Å². The fourth-order valence-electron chi connectivity index (χ4n) is 4.68. The molecule has 3 N–H and O–H groups in total. The van der Waals surface area contributed by atoms with Crippen LogP contribution in [0.15, 0.2) is 0 Å². The van der Waals surface area contributed by atoms with Crippen LogP contribution in [0, 0.1) is 0 Å². The van der Waals surface area contributed by atoms with Crippen molar-refractivity contribution in [2.45, 2.75) is 128 Å². The van der Waals surface area contributed by atoms with E-state index in [0.29, 0.717) is 32.6 Å². The van der Waals surface area contributed by atoms with Crippen LogP contribution in [-0.2, 0) is 23.9 Å². The average molecular weight is 559 g/mol. The van der Waals surface area contributed by atoms with Crippen molar-refractivity contribution in [2.75, 3.05) is 39.8 Å². The van der Waals surface area contributed by atoms with Gasteiger partial charge in [-0.15, -0.1) is 0 Å². The largest absolute Gasteiger partial charge is 0.477 e. The third kappa shape index (κ3) is 16.2. The molecule has 0 radical (unpaired) electrons. The third-order valence-electron chi connectivity index (χ3n) is 7.33. The number of piperazine rings is 1. The summed E-state index contributed by atoms with van der Waals surface area (Å²) in [5.74, 6) is -3.90. The number of aliphatic hydroxyl groups excluding tert-OH is 2. The van der Waals surface area contributed by atoms with E-state index in [-0.39, 0.29) is 6.61 Å². The van der Waals surface area contributed by atoms with Crippen molar-refractivity contribution < 1.29 is 39.2 Å². The molecule has 0 aromatic heterocycles. The van der Waals surface area contributed by atoms with Gasteiger partial charge in [-0.3, -0.25) is 4.90 Å². The van der Waals surface area contributed by atoms with Crippen molar-refractivity contribution in [3.63, 3.8) is 0 Å². The van der Waals surface area contributed by atoms with E-state index in [9.17, 15) is 29.7 Å². The molecule has 0 aliphatic carbocycles. The highest BCUT2D eigenvalue weighted by molar-refractivity contribution is 5.86. The lowest BCUT2D eigenvalue weighted by Crippen LogP contribution is -2.54. The molecule has 0 amide bonds. The molecular formula is C29H54N2O8. The molecule has 228 valence electrons. The molecule has 0 bridgehead atoms. The third-order valence-corrected chi connectivity index (χ3v) is 7.33. The molecule has 1 aliphatic heterocycles. The van der Waals surface area contributed by atoms with Crippen LogP contribution >= 0.6 is 0 Å². The summed E-state index contributed by atoms with van der Waals surface area (Å²) in [5.41, 5.74) is 0. The minimum absolute atomic E-state index is 0.0785. The lowest BCUT2D eigenvalue weighted by atomic mass is 10.0. The number of carbonyl (C=O) groups is 3. The summed E-state index contributed by atoms with van der Waals surface area (Å²) in [6, 6.07) is 0. The van der Waals surface area contributed by atoms with Crippen LogP contribution in [-0.4, -0.2) is 101 Å². The molecule has 1 saturated heterocycles. The Morgan fingerprint density at radius 2 is 1.08 bits per heavy atom. The van der Waals surface area contributed by atoms with Gasteiger partial charge in [0.05, 0.1) is 6.61 Å². The summed E-state index contributed by atoms with van der Waals surface area (Å²) in [6.45, 7) is 4.24. The molecule has 0 aromatic rings. The molecule has 1 rings (SSSR count). The number of carbonyl (C=O) groups excluding carboxylic acids is 2. The van der Waals surface area contributed by atoms with Gasteiger partial charge in [-0.2, -0.15) is 0 Å². The first kappa shape index (κ1) is 35.3. The Labute approximate surface area is 235 Å². The van der Waals surface area contributed by atoms with Gasteiger partial charge in [0.1, 0.15) is 0 Å². The first-order valence-corrected chi connectivity index (χ1v) is 15.2. The maximum absolute atomic E-state index is 12.2. The summed E-state index contributed by atoms with van der Waals surface area (Å²) in [7, 11) is 1.89. The van der Waals surface area contributed by atoms with Crippen molar-refractivity contribution in [3.05, 3.63) is 0 Å². The lowest BCUT2D eigenvalue weighted by molar-refractivity contribution is -0.191. The number of hydrogen-bond donors (Lipinski definition) is 3. The number of unbranched alkanes of at least 4 members (excludes halogenated alkanes) is 15. The van der Waals surface area contributed by atoms with E-state index < -0.39 is 36.3 Å². The van der Waals surface area contributed by atoms with Crippen molar-refractivity contribution in [1.82, 2.24) is 9.80 Å². The van der Waals surface area contributed by atoms with E-state index in [0.717, 1.165) is 19.3 Å². The molecule has 39 heavy (non-hydrogen) atoms. The second-order valence-electron chi connectivity index (χ2n) is 10.8. The summed E-state index contributed by atoms with van der Waals surface area (Å²) < 4.78 is 9.90. The topological polar surface area (TPSA) is 137 Å². The summed E-state index contributed by atoms with van der Waals surface area (Å²) in [5, 5.41) is 29.4. The van der Waals surface area contributed by atoms with E-state index in [2.05, 4.69) is 6.92 Å². The average Bonchev–Trinajstić information content (AvgIpc) is 2.92. The molecule has 3 atom stereocenters. The molecule has 10 heteroatoms. The van der Waals surface area contributed by atoms with Gasteiger partial charge in [0.2, 0.25) is 0 Å². The maximum atomic E-state index is 12.2. The van der Waals surface area contributed by atoms with Crippen LogP contribution in [0.1, 0.15) is 110 Å². The second-order valence-corrected chi connectivity index (χ2v) is 10.8. The van der Waals surface area contributed by atoms with Crippen LogP contribution in [0.25, 0.3) is 0 Å². The van der Waals surface area contributed by atoms with E-state index >= 15 is 0 Å². The first-order valence-electron chi connectivity index (χ1n) is 15.2. The number of carboxylic acids is 1. The summed E-state index contributed by atoms with van der Waals surface area (Å²) in [6.07, 6.45) is 13.7. The molecule has 0 spiro atoms. The molecular weight excluding hydrogens is 504 g/mol. The van der Waals surface area contributed by atoms with Gasteiger partial charge in [-0.05, 0) is 13.5 Å². The Bertz CT molecular complexity index is 670. The van der Waals surface area contributed by atoms with Crippen LogP contribution in [0.2, 0.25) is 0 Å². The van der Waals surface area contributed by atoms with Crippen molar-refractivity contribution in [2.24, 2.45) is 0 Å². The van der Waals surface area contributed by atoms with Gasteiger partial charge < -0.3 is 29.7 Å². The van der Waals surface area contributed by atoms with E-state index in [1.165, 1.54) is 81.9 Å². The number of ether oxygens (including phenoxy) is 2. The number of aliphatic carboxylic acids is 1. The van der Waals surface area contributed by atoms with Crippen LogP contribution < -0.4 is 0 Å². The zero-order valence-electron chi connectivity index (χ0n) is 24.4. The van der Waals surface area contributed by atoms with Crippen LogP contribution in [0.3, 0.4) is 0 Å². The number of hydrogen-bond acceptors (Lipinski definition) is 9.